The molecule has 0 saturated heterocycles. The molecular formula is C12H16O2. The molecule has 0 aliphatic heterocycles. The molecule has 0 fully saturated rings. The van der Waals surface area contributed by atoms with Crippen LogP contribution in [-0.4, -0.2) is 11.9 Å². The average molecular weight is 192 g/mol. The Labute approximate surface area is 84.9 Å². The third kappa shape index (κ3) is 2.59. The molecule has 0 aliphatic carbocycles. The standard InChI is InChI=1S/C12H16O2/c1-4-11(10(3)13)14-12-8-6-5-7-9(12)2/h5-8,11H,4H2,1-3H3. The zero-order chi connectivity index (χ0) is 10.6. The van der Waals surface area contributed by atoms with Gasteiger partial charge in [0.25, 0.3) is 0 Å². The Hall–Kier alpha value is -1.31. The monoisotopic (exact) mass is 192 g/mol. The minimum absolute atomic E-state index is 0.0794. The topological polar surface area (TPSA) is 26.3 Å². The molecule has 0 aromatic heterocycles. The van der Waals surface area contributed by atoms with E-state index in [1.54, 1.807) is 6.92 Å². The van der Waals surface area contributed by atoms with Crippen LogP contribution in [0.15, 0.2) is 24.3 Å². The fourth-order valence-corrected chi connectivity index (χ4v) is 1.30. The van der Waals surface area contributed by atoms with E-state index in [1.807, 2.05) is 38.1 Å². The lowest BCUT2D eigenvalue weighted by atomic mass is 10.2. The van der Waals surface area contributed by atoms with Crippen molar-refractivity contribution in [1.82, 2.24) is 0 Å². The van der Waals surface area contributed by atoms with Crippen LogP contribution in [0.2, 0.25) is 0 Å². The molecular weight excluding hydrogens is 176 g/mol. The summed E-state index contributed by atoms with van der Waals surface area (Å²) in [4.78, 5) is 11.2. The summed E-state index contributed by atoms with van der Waals surface area (Å²) in [5, 5.41) is 0. The van der Waals surface area contributed by atoms with Crippen LogP contribution in [0.5, 0.6) is 5.75 Å². The highest BCUT2D eigenvalue weighted by atomic mass is 16.5. The van der Waals surface area contributed by atoms with E-state index in [0.717, 1.165) is 11.3 Å². The summed E-state index contributed by atoms with van der Waals surface area (Å²) in [5.41, 5.74) is 1.06. The minimum atomic E-state index is -0.309. The first kappa shape index (κ1) is 10.8. The predicted molar refractivity (Wildman–Crippen MR) is 56.6 cm³/mol. The van der Waals surface area contributed by atoms with E-state index in [9.17, 15) is 4.79 Å². The van der Waals surface area contributed by atoms with Gasteiger partial charge in [0, 0.05) is 0 Å². The van der Waals surface area contributed by atoms with Crippen LogP contribution in [0.25, 0.3) is 0 Å². The van der Waals surface area contributed by atoms with Gasteiger partial charge in [-0.3, -0.25) is 4.79 Å². The van der Waals surface area contributed by atoms with Gasteiger partial charge in [-0.2, -0.15) is 0 Å². The molecule has 14 heavy (non-hydrogen) atoms. The van der Waals surface area contributed by atoms with Gasteiger partial charge >= 0.3 is 0 Å². The Morgan fingerprint density at radius 3 is 2.57 bits per heavy atom. The number of rotatable bonds is 4. The number of aryl methyl sites for hydroxylation is 1. The molecule has 0 heterocycles. The summed E-state index contributed by atoms with van der Waals surface area (Å²) in [6.45, 7) is 5.49. The summed E-state index contributed by atoms with van der Waals surface area (Å²) >= 11 is 0. The molecule has 2 heteroatoms. The lowest BCUT2D eigenvalue weighted by Gasteiger charge is -2.15. The van der Waals surface area contributed by atoms with Gasteiger partial charge < -0.3 is 4.74 Å². The van der Waals surface area contributed by atoms with Crippen molar-refractivity contribution in [3.05, 3.63) is 29.8 Å². The van der Waals surface area contributed by atoms with E-state index in [0.29, 0.717) is 6.42 Å². The number of para-hydroxylation sites is 1. The van der Waals surface area contributed by atoms with Crippen LogP contribution in [-0.2, 0) is 4.79 Å². The Balaban J connectivity index is 2.77. The molecule has 0 spiro atoms. The zero-order valence-electron chi connectivity index (χ0n) is 8.91. The summed E-state index contributed by atoms with van der Waals surface area (Å²) in [5.74, 6) is 0.880. The van der Waals surface area contributed by atoms with Crippen LogP contribution < -0.4 is 4.74 Å². The van der Waals surface area contributed by atoms with E-state index in [-0.39, 0.29) is 11.9 Å². The van der Waals surface area contributed by atoms with Crippen molar-refractivity contribution in [2.24, 2.45) is 0 Å². The maximum atomic E-state index is 11.2. The molecule has 1 aromatic rings. The fourth-order valence-electron chi connectivity index (χ4n) is 1.30. The maximum Gasteiger partial charge on any atom is 0.170 e. The van der Waals surface area contributed by atoms with Crippen molar-refractivity contribution in [1.29, 1.82) is 0 Å². The first-order valence-corrected chi connectivity index (χ1v) is 4.88. The number of Topliss-reactive ketones (excluding diaryl/α,β-unsaturated/α-hetero) is 1. The number of ether oxygens (including phenoxy) is 1. The number of hydrogen-bond donors (Lipinski definition) is 0. The lowest BCUT2D eigenvalue weighted by molar-refractivity contribution is -0.123. The number of benzene rings is 1. The molecule has 0 N–H and O–H groups in total. The van der Waals surface area contributed by atoms with Crippen LogP contribution in [0.3, 0.4) is 0 Å². The van der Waals surface area contributed by atoms with Gasteiger partial charge in [-0.05, 0) is 31.9 Å². The largest absolute Gasteiger partial charge is 0.482 e. The van der Waals surface area contributed by atoms with Crippen LogP contribution in [0.4, 0.5) is 0 Å². The molecule has 0 radical (unpaired) electrons. The van der Waals surface area contributed by atoms with Crippen molar-refractivity contribution in [2.75, 3.05) is 0 Å². The predicted octanol–water partition coefficient (Wildman–Crippen LogP) is 2.74. The third-order valence-electron chi connectivity index (χ3n) is 2.19. The fraction of sp³-hybridized carbons (Fsp3) is 0.417. The maximum absolute atomic E-state index is 11.2. The van der Waals surface area contributed by atoms with Gasteiger partial charge in [-0.1, -0.05) is 25.1 Å². The highest BCUT2D eigenvalue weighted by Gasteiger charge is 2.13. The molecule has 2 nitrogen and oxygen atoms in total. The number of ketones is 1. The van der Waals surface area contributed by atoms with Gasteiger partial charge in [0.15, 0.2) is 11.9 Å². The molecule has 1 rings (SSSR count). The first-order chi connectivity index (χ1) is 6.65. The van der Waals surface area contributed by atoms with E-state index in [4.69, 9.17) is 4.74 Å². The highest BCUT2D eigenvalue weighted by molar-refractivity contribution is 5.80. The van der Waals surface area contributed by atoms with Gasteiger partial charge in [0.05, 0.1) is 0 Å². The van der Waals surface area contributed by atoms with Crippen LogP contribution in [0.1, 0.15) is 25.8 Å². The van der Waals surface area contributed by atoms with E-state index < -0.39 is 0 Å². The van der Waals surface area contributed by atoms with Crippen LogP contribution in [0, 0.1) is 6.92 Å². The van der Waals surface area contributed by atoms with E-state index in [2.05, 4.69) is 0 Å². The van der Waals surface area contributed by atoms with E-state index >= 15 is 0 Å². The minimum Gasteiger partial charge on any atom is -0.482 e. The number of carbonyl (C=O) groups is 1. The van der Waals surface area contributed by atoms with Crippen molar-refractivity contribution in [3.63, 3.8) is 0 Å². The molecule has 0 amide bonds. The molecule has 0 saturated carbocycles. The Morgan fingerprint density at radius 2 is 2.07 bits per heavy atom. The van der Waals surface area contributed by atoms with Gasteiger partial charge in [0.1, 0.15) is 5.75 Å². The van der Waals surface area contributed by atoms with Crippen LogP contribution >= 0.6 is 0 Å². The second kappa shape index (κ2) is 4.80. The molecule has 1 aromatic carbocycles. The third-order valence-corrected chi connectivity index (χ3v) is 2.19. The second-order valence-electron chi connectivity index (χ2n) is 3.39. The lowest BCUT2D eigenvalue weighted by Crippen LogP contribution is -2.24. The van der Waals surface area contributed by atoms with Crippen molar-refractivity contribution in [3.8, 4) is 5.75 Å². The first-order valence-electron chi connectivity index (χ1n) is 4.88. The molecule has 1 atom stereocenters. The second-order valence-corrected chi connectivity index (χ2v) is 3.39. The van der Waals surface area contributed by atoms with E-state index in [1.165, 1.54) is 0 Å². The quantitative estimate of drug-likeness (QED) is 0.733. The number of carbonyl (C=O) groups excluding carboxylic acids is 1. The molecule has 1 unspecified atom stereocenters. The molecule has 0 aliphatic rings. The summed E-state index contributed by atoms with van der Waals surface area (Å²) in [7, 11) is 0. The Kier molecular flexibility index (Phi) is 3.69. The Bertz CT molecular complexity index is 318. The average Bonchev–Trinajstić information content (AvgIpc) is 2.16. The smallest absolute Gasteiger partial charge is 0.170 e. The van der Waals surface area contributed by atoms with Crippen molar-refractivity contribution < 1.29 is 9.53 Å². The number of hydrogen-bond acceptors (Lipinski definition) is 2. The van der Waals surface area contributed by atoms with Crippen molar-refractivity contribution >= 4 is 5.78 Å². The highest BCUT2D eigenvalue weighted by Crippen LogP contribution is 2.18. The summed E-state index contributed by atoms with van der Waals surface area (Å²) in [6.07, 6.45) is 0.403. The Morgan fingerprint density at radius 1 is 1.43 bits per heavy atom. The SMILES string of the molecule is CCC(Oc1ccccc1C)C(C)=O. The van der Waals surface area contributed by atoms with Gasteiger partial charge in [-0.25, -0.2) is 0 Å². The molecule has 76 valence electrons. The van der Waals surface area contributed by atoms with Gasteiger partial charge in [0.2, 0.25) is 0 Å². The summed E-state index contributed by atoms with van der Waals surface area (Å²) in [6, 6.07) is 7.73. The zero-order valence-corrected chi connectivity index (χ0v) is 8.91. The van der Waals surface area contributed by atoms with Gasteiger partial charge in [-0.15, -0.1) is 0 Å². The molecule has 0 bridgehead atoms. The normalized spacial score (nSPS) is 12.2. The van der Waals surface area contributed by atoms with Crippen molar-refractivity contribution in [2.45, 2.75) is 33.3 Å². The summed E-state index contributed by atoms with van der Waals surface area (Å²) < 4.78 is 5.61.